The first-order valence-corrected chi connectivity index (χ1v) is 6.68. The Bertz CT molecular complexity index is 549. The van der Waals surface area contributed by atoms with E-state index in [1.54, 1.807) is 0 Å². The van der Waals surface area contributed by atoms with Crippen LogP contribution in [0.1, 0.15) is 6.92 Å². The number of hydrogen-bond acceptors (Lipinski definition) is 3. The molecule has 0 fully saturated rings. The molecule has 0 bridgehead atoms. The van der Waals surface area contributed by atoms with Crippen molar-refractivity contribution in [2.75, 3.05) is 19.0 Å². The van der Waals surface area contributed by atoms with E-state index < -0.39 is 0 Å². The molecule has 0 heterocycles. The summed E-state index contributed by atoms with van der Waals surface area (Å²) in [6.07, 6.45) is 0. The number of nitrogens with one attached hydrogen (secondary N) is 1. The summed E-state index contributed by atoms with van der Waals surface area (Å²) in [5, 5.41) is 3.24. The van der Waals surface area contributed by atoms with Gasteiger partial charge in [0, 0.05) is 12.2 Å². The van der Waals surface area contributed by atoms with Crippen LogP contribution in [-0.2, 0) is 9.53 Å². The molecule has 2 rings (SSSR count). The third kappa shape index (κ3) is 3.60. The molecule has 0 aliphatic heterocycles. The summed E-state index contributed by atoms with van der Waals surface area (Å²) < 4.78 is 4.70. The van der Waals surface area contributed by atoms with Gasteiger partial charge in [0.2, 0.25) is 0 Å². The Balaban J connectivity index is 1.97. The van der Waals surface area contributed by atoms with Crippen molar-refractivity contribution in [3.05, 3.63) is 54.6 Å². The predicted molar refractivity (Wildman–Crippen MR) is 81.5 cm³/mol. The topological polar surface area (TPSA) is 38.3 Å². The summed E-state index contributed by atoms with van der Waals surface area (Å²) in [4.78, 5) is 11.3. The Kier molecular flexibility index (Phi) is 4.77. The molecule has 1 unspecified atom stereocenters. The monoisotopic (exact) mass is 269 g/mol. The van der Waals surface area contributed by atoms with Gasteiger partial charge in [0.25, 0.3) is 0 Å². The van der Waals surface area contributed by atoms with Crippen LogP contribution in [0.25, 0.3) is 11.1 Å². The van der Waals surface area contributed by atoms with Gasteiger partial charge in [-0.25, -0.2) is 0 Å². The molecule has 1 atom stereocenters. The first-order chi connectivity index (χ1) is 9.70. The summed E-state index contributed by atoms with van der Waals surface area (Å²) in [5.41, 5.74) is 3.37. The van der Waals surface area contributed by atoms with Crippen molar-refractivity contribution in [1.29, 1.82) is 0 Å². The molecule has 0 spiro atoms. The third-order valence-electron chi connectivity index (χ3n) is 3.21. The predicted octanol–water partition coefficient (Wildman–Crippen LogP) is 3.57. The average Bonchev–Trinajstić information content (AvgIpc) is 2.53. The van der Waals surface area contributed by atoms with Crippen LogP contribution in [0.5, 0.6) is 0 Å². The molecule has 0 amide bonds. The molecular weight excluding hydrogens is 250 g/mol. The number of rotatable bonds is 5. The van der Waals surface area contributed by atoms with Crippen LogP contribution in [0.3, 0.4) is 0 Å². The number of carbonyl (C=O) groups excluding carboxylic acids is 1. The van der Waals surface area contributed by atoms with Gasteiger partial charge in [-0.05, 0) is 23.3 Å². The van der Waals surface area contributed by atoms with Gasteiger partial charge in [0.05, 0.1) is 13.0 Å². The minimum Gasteiger partial charge on any atom is -0.469 e. The Hall–Kier alpha value is -2.29. The lowest BCUT2D eigenvalue weighted by Crippen LogP contribution is -2.21. The van der Waals surface area contributed by atoms with E-state index in [4.69, 9.17) is 4.74 Å². The van der Waals surface area contributed by atoms with Gasteiger partial charge in [-0.15, -0.1) is 0 Å². The zero-order chi connectivity index (χ0) is 14.4. The minimum atomic E-state index is -0.196. The summed E-state index contributed by atoms with van der Waals surface area (Å²) >= 11 is 0. The smallest absolute Gasteiger partial charge is 0.310 e. The Labute approximate surface area is 119 Å². The largest absolute Gasteiger partial charge is 0.469 e. The van der Waals surface area contributed by atoms with E-state index in [2.05, 4.69) is 29.6 Å². The number of ether oxygens (including phenoxy) is 1. The Morgan fingerprint density at radius 3 is 2.25 bits per heavy atom. The summed E-state index contributed by atoms with van der Waals surface area (Å²) in [5.74, 6) is -0.354. The molecule has 0 saturated carbocycles. The van der Waals surface area contributed by atoms with Gasteiger partial charge in [0.15, 0.2) is 0 Å². The van der Waals surface area contributed by atoms with Crippen LogP contribution >= 0.6 is 0 Å². The highest BCUT2D eigenvalue weighted by molar-refractivity contribution is 5.72. The number of anilines is 1. The maximum absolute atomic E-state index is 11.3. The Morgan fingerprint density at radius 1 is 1.05 bits per heavy atom. The minimum absolute atomic E-state index is 0.159. The van der Waals surface area contributed by atoms with Crippen LogP contribution in [0.2, 0.25) is 0 Å². The highest BCUT2D eigenvalue weighted by Gasteiger charge is 2.12. The van der Waals surface area contributed by atoms with Crippen LogP contribution in [0, 0.1) is 5.92 Å². The second-order valence-electron chi connectivity index (χ2n) is 4.75. The van der Waals surface area contributed by atoms with Crippen molar-refractivity contribution < 1.29 is 9.53 Å². The van der Waals surface area contributed by atoms with Gasteiger partial charge in [0.1, 0.15) is 0 Å². The molecule has 0 radical (unpaired) electrons. The fraction of sp³-hybridized carbons (Fsp3) is 0.235. The molecule has 0 aliphatic rings. The van der Waals surface area contributed by atoms with Gasteiger partial charge in [-0.3, -0.25) is 4.79 Å². The molecule has 2 aromatic carbocycles. The maximum atomic E-state index is 11.3. The van der Waals surface area contributed by atoms with E-state index in [9.17, 15) is 4.79 Å². The molecule has 0 aliphatic carbocycles. The van der Waals surface area contributed by atoms with E-state index in [0.29, 0.717) is 6.54 Å². The molecular formula is C17H19NO2. The van der Waals surface area contributed by atoms with Crippen LogP contribution in [0.4, 0.5) is 5.69 Å². The first-order valence-electron chi connectivity index (χ1n) is 6.68. The quantitative estimate of drug-likeness (QED) is 0.843. The van der Waals surface area contributed by atoms with Crippen LogP contribution in [0.15, 0.2) is 54.6 Å². The fourth-order valence-electron chi connectivity index (χ4n) is 1.97. The van der Waals surface area contributed by atoms with E-state index in [-0.39, 0.29) is 11.9 Å². The van der Waals surface area contributed by atoms with E-state index in [1.807, 2.05) is 37.3 Å². The second kappa shape index (κ2) is 6.75. The van der Waals surface area contributed by atoms with Gasteiger partial charge in [-0.1, -0.05) is 49.4 Å². The first kappa shape index (κ1) is 14.1. The lowest BCUT2D eigenvalue weighted by Gasteiger charge is -2.12. The van der Waals surface area contributed by atoms with Crippen LogP contribution in [-0.4, -0.2) is 19.6 Å². The van der Waals surface area contributed by atoms with Crippen LogP contribution < -0.4 is 5.32 Å². The van der Waals surface area contributed by atoms with Crippen molar-refractivity contribution in [2.24, 2.45) is 5.92 Å². The zero-order valence-electron chi connectivity index (χ0n) is 11.8. The number of esters is 1. The molecule has 104 valence electrons. The zero-order valence-corrected chi connectivity index (χ0v) is 11.8. The van der Waals surface area contributed by atoms with Crippen molar-refractivity contribution in [3.63, 3.8) is 0 Å². The third-order valence-corrected chi connectivity index (χ3v) is 3.21. The van der Waals surface area contributed by atoms with Gasteiger partial charge >= 0.3 is 5.97 Å². The van der Waals surface area contributed by atoms with Crippen molar-refractivity contribution in [2.45, 2.75) is 6.92 Å². The van der Waals surface area contributed by atoms with E-state index in [1.165, 1.54) is 18.2 Å². The normalized spacial score (nSPS) is 11.7. The Morgan fingerprint density at radius 2 is 1.65 bits per heavy atom. The molecule has 20 heavy (non-hydrogen) atoms. The lowest BCUT2D eigenvalue weighted by atomic mass is 10.1. The molecule has 0 aromatic heterocycles. The van der Waals surface area contributed by atoms with E-state index >= 15 is 0 Å². The van der Waals surface area contributed by atoms with Gasteiger partial charge < -0.3 is 10.1 Å². The highest BCUT2D eigenvalue weighted by atomic mass is 16.5. The summed E-state index contributed by atoms with van der Waals surface area (Å²) in [7, 11) is 1.41. The number of hydrogen-bond donors (Lipinski definition) is 1. The standard InChI is InChI=1S/C17H19NO2/c1-13(17(19)20-2)12-18-16-10-8-15(9-11-16)14-6-4-3-5-7-14/h3-11,13,18H,12H2,1-2H3. The fourth-order valence-corrected chi connectivity index (χ4v) is 1.97. The molecule has 2 aromatic rings. The molecule has 3 nitrogen and oxygen atoms in total. The summed E-state index contributed by atoms with van der Waals surface area (Å²) in [6.45, 7) is 2.41. The van der Waals surface area contributed by atoms with Crippen molar-refractivity contribution >= 4 is 11.7 Å². The van der Waals surface area contributed by atoms with Crippen molar-refractivity contribution in [1.82, 2.24) is 0 Å². The van der Waals surface area contributed by atoms with Gasteiger partial charge in [-0.2, -0.15) is 0 Å². The van der Waals surface area contributed by atoms with Crippen molar-refractivity contribution in [3.8, 4) is 11.1 Å². The lowest BCUT2D eigenvalue weighted by molar-refractivity contribution is -0.144. The summed E-state index contributed by atoms with van der Waals surface area (Å²) in [6, 6.07) is 18.4. The van der Waals surface area contributed by atoms with E-state index in [0.717, 1.165) is 5.69 Å². The molecule has 0 saturated heterocycles. The highest BCUT2D eigenvalue weighted by Crippen LogP contribution is 2.21. The molecule has 3 heteroatoms. The average molecular weight is 269 g/mol. The number of methoxy groups -OCH3 is 1. The maximum Gasteiger partial charge on any atom is 0.310 e. The number of carbonyl (C=O) groups is 1. The second-order valence-corrected chi connectivity index (χ2v) is 4.75. The SMILES string of the molecule is COC(=O)C(C)CNc1ccc(-c2ccccc2)cc1. The number of benzene rings is 2. The molecule has 1 N–H and O–H groups in total.